The van der Waals surface area contributed by atoms with Crippen LogP contribution in [0.15, 0.2) is 42.5 Å². The summed E-state index contributed by atoms with van der Waals surface area (Å²) >= 11 is 0. The Bertz CT molecular complexity index is 546. The fourth-order valence-corrected chi connectivity index (χ4v) is 2.29. The van der Waals surface area contributed by atoms with Crippen molar-refractivity contribution >= 4 is 0 Å². The Labute approximate surface area is 115 Å². The van der Waals surface area contributed by atoms with E-state index in [1.54, 1.807) is 0 Å². The predicted molar refractivity (Wildman–Crippen MR) is 80.0 cm³/mol. The van der Waals surface area contributed by atoms with Gasteiger partial charge in [0.25, 0.3) is 0 Å². The Hall–Kier alpha value is -1.67. The fourth-order valence-electron chi connectivity index (χ4n) is 2.29. The molecule has 0 bridgehead atoms. The molecule has 0 amide bonds. The zero-order valence-electron chi connectivity index (χ0n) is 11.9. The van der Waals surface area contributed by atoms with Crippen molar-refractivity contribution in [2.45, 2.75) is 33.2 Å². The van der Waals surface area contributed by atoms with Crippen molar-refractivity contribution in [2.24, 2.45) is 11.7 Å². The molecular formula is C17H22N2. The maximum atomic E-state index is 6.32. The number of hydrogen-bond donors (Lipinski definition) is 1. The molecule has 19 heavy (non-hydrogen) atoms. The van der Waals surface area contributed by atoms with Crippen LogP contribution in [0.5, 0.6) is 0 Å². The maximum Gasteiger partial charge on any atom is 0.0726 e. The average molecular weight is 254 g/mol. The van der Waals surface area contributed by atoms with Crippen LogP contribution in [0.2, 0.25) is 0 Å². The van der Waals surface area contributed by atoms with Crippen molar-refractivity contribution in [2.75, 3.05) is 0 Å². The normalized spacial score (nSPS) is 12.7. The fraction of sp³-hybridized carbons (Fsp3) is 0.353. The molecule has 0 saturated heterocycles. The number of nitrogens with two attached hydrogens (primary N) is 1. The molecule has 1 aromatic carbocycles. The SMILES string of the molecule is Cc1cccc(C(N)c2cccc(CC(C)C)c2)n1. The van der Waals surface area contributed by atoms with E-state index in [-0.39, 0.29) is 6.04 Å². The summed E-state index contributed by atoms with van der Waals surface area (Å²) in [5.74, 6) is 0.656. The summed E-state index contributed by atoms with van der Waals surface area (Å²) in [7, 11) is 0. The van der Waals surface area contributed by atoms with Gasteiger partial charge in [0.2, 0.25) is 0 Å². The van der Waals surface area contributed by atoms with E-state index in [0.717, 1.165) is 23.4 Å². The lowest BCUT2D eigenvalue weighted by molar-refractivity contribution is 0.646. The van der Waals surface area contributed by atoms with Gasteiger partial charge in [-0.3, -0.25) is 4.98 Å². The molecule has 1 unspecified atom stereocenters. The first-order chi connectivity index (χ1) is 9.06. The number of aryl methyl sites for hydroxylation is 1. The highest BCUT2D eigenvalue weighted by molar-refractivity contribution is 5.31. The van der Waals surface area contributed by atoms with Gasteiger partial charge in [-0.25, -0.2) is 0 Å². The Balaban J connectivity index is 2.26. The highest BCUT2D eigenvalue weighted by Crippen LogP contribution is 2.20. The molecular weight excluding hydrogens is 232 g/mol. The van der Waals surface area contributed by atoms with Gasteiger partial charge in [0.15, 0.2) is 0 Å². The van der Waals surface area contributed by atoms with Crippen molar-refractivity contribution in [3.8, 4) is 0 Å². The number of hydrogen-bond acceptors (Lipinski definition) is 2. The average Bonchev–Trinajstić information content (AvgIpc) is 2.37. The molecule has 100 valence electrons. The van der Waals surface area contributed by atoms with Crippen LogP contribution in [-0.2, 0) is 6.42 Å². The Morgan fingerprint density at radius 3 is 2.53 bits per heavy atom. The van der Waals surface area contributed by atoms with Crippen LogP contribution in [0.1, 0.15) is 42.4 Å². The van der Waals surface area contributed by atoms with Gasteiger partial charge < -0.3 is 5.73 Å². The van der Waals surface area contributed by atoms with E-state index in [4.69, 9.17) is 5.73 Å². The predicted octanol–water partition coefficient (Wildman–Crippen LogP) is 3.64. The first-order valence-corrected chi connectivity index (χ1v) is 6.84. The number of nitrogens with zero attached hydrogens (tertiary/aromatic N) is 1. The zero-order valence-corrected chi connectivity index (χ0v) is 11.9. The zero-order chi connectivity index (χ0) is 13.8. The minimum Gasteiger partial charge on any atom is -0.319 e. The third-order valence-electron chi connectivity index (χ3n) is 3.18. The quantitative estimate of drug-likeness (QED) is 0.904. The number of rotatable bonds is 4. The summed E-state index contributed by atoms with van der Waals surface area (Å²) < 4.78 is 0. The minimum atomic E-state index is -0.146. The minimum absolute atomic E-state index is 0.146. The molecule has 1 aromatic heterocycles. The van der Waals surface area contributed by atoms with E-state index in [1.807, 2.05) is 25.1 Å². The summed E-state index contributed by atoms with van der Waals surface area (Å²) in [5, 5.41) is 0. The number of benzene rings is 1. The number of aromatic nitrogens is 1. The number of pyridine rings is 1. The van der Waals surface area contributed by atoms with Crippen molar-refractivity contribution in [3.63, 3.8) is 0 Å². The van der Waals surface area contributed by atoms with E-state index in [0.29, 0.717) is 5.92 Å². The summed E-state index contributed by atoms with van der Waals surface area (Å²) in [6, 6.07) is 14.4. The third kappa shape index (κ3) is 3.65. The van der Waals surface area contributed by atoms with Gasteiger partial charge in [-0.2, -0.15) is 0 Å². The van der Waals surface area contributed by atoms with Crippen LogP contribution in [0.3, 0.4) is 0 Å². The van der Waals surface area contributed by atoms with E-state index in [9.17, 15) is 0 Å². The van der Waals surface area contributed by atoms with E-state index in [2.05, 4.69) is 43.1 Å². The second-order valence-corrected chi connectivity index (χ2v) is 5.52. The molecule has 2 nitrogen and oxygen atoms in total. The van der Waals surface area contributed by atoms with Crippen molar-refractivity contribution < 1.29 is 0 Å². The summed E-state index contributed by atoms with van der Waals surface area (Å²) in [6.07, 6.45) is 1.09. The molecule has 2 rings (SSSR count). The summed E-state index contributed by atoms with van der Waals surface area (Å²) in [5.41, 5.74) is 10.7. The van der Waals surface area contributed by atoms with Crippen LogP contribution in [0.25, 0.3) is 0 Å². The summed E-state index contributed by atoms with van der Waals surface area (Å²) in [4.78, 5) is 4.52. The van der Waals surface area contributed by atoms with Crippen LogP contribution in [0.4, 0.5) is 0 Å². The molecule has 2 aromatic rings. The van der Waals surface area contributed by atoms with Gasteiger partial charge in [0.05, 0.1) is 11.7 Å². The van der Waals surface area contributed by atoms with Gasteiger partial charge >= 0.3 is 0 Å². The molecule has 0 spiro atoms. The van der Waals surface area contributed by atoms with Gasteiger partial charge in [-0.1, -0.05) is 44.2 Å². The molecule has 0 aliphatic carbocycles. The Morgan fingerprint density at radius 1 is 1.11 bits per heavy atom. The van der Waals surface area contributed by atoms with Gasteiger partial charge in [-0.05, 0) is 42.5 Å². The van der Waals surface area contributed by atoms with Gasteiger partial charge in [-0.15, -0.1) is 0 Å². The lowest BCUT2D eigenvalue weighted by Crippen LogP contribution is -2.14. The highest BCUT2D eigenvalue weighted by atomic mass is 14.8. The first-order valence-electron chi connectivity index (χ1n) is 6.84. The second-order valence-electron chi connectivity index (χ2n) is 5.52. The maximum absolute atomic E-state index is 6.32. The van der Waals surface area contributed by atoms with Crippen LogP contribution in [-0.4, -0.2) is 4.98 Å². The third-order valence-corrected chi connectivity index (χ3v) is 3.18. The first kappa shape index (κ1) is 13.8. The van der Waals surface area contributed by atoms with Crippen LogP contribution in [0, 0.1) is 12.8 Å². The van der Waals surface area contributed by atoms with E-state index in [1.165, 1.54) is 5.56 Å². The van der Waals surface area contributed by atoms with Gasteiger partial charge in [0.1, 0.15) is 0 Å². The van der Waals surface area contributed by atoms with Crippen molar-refractivity contribution in [1.82, 2.24) is 4.98 Å². The van der Waals surface area contributed by atoms with Gasteiger partial charge in [0, 0.05) is 5.69 Å². The van der Waals surface area contributed by atoms with Crippen molar-refractivity contribution in [3.05, 3.63) is 65.0 Å². The smallest absolute Gasteiger partial charge is 0.0726 e. The topological polar surface area (TPSA) is 38.9 Å². The molecule has 0 aliphatic rings. The van der Waals surface area contributed by atoms with Crippen LogP contribution < -0.4 is 5.73 Å². The summed E-state index contributed by atoms with van der Waals surface area (Å²) in [6.45, 7) is 6.45. The van der Waals surface area contributed by atoms with E-state index < -0.39 is 0 Å². The highest BCUT2D eigenvalue weighted by Gasteiger charge is 2.11. The lowest BCUT2D eigenvalue weighted by Gasteiger charge is -2.14. The molecule has 0 radical (unpaired) electrons. The standard InChI is InChI=1S/C17H22N2/c1-12(2)10-14-7-5-8-15(11-14)17(18)16-9-4-6-13(3)19-16/h4-9,11-12,17H,10,18H2,1-3H3. The largest absolute Gasteiger partial charge is 0.319 e. The monoisotopic (exact) mass is 254 g/mol. The second kappa shape index (κ2) is 5.98. The molecule has 0 saturated carbocycles. The lowest BCUT2D eigenvalue weighted by atomic mass is 9.97. The van der Waals surface area contributed by atoms with E-state index >= 15 is 0 Å². The molecule has 0 fully saturated rings. The Kier molecular flexibility index (Phi) is 4.33. The molecule has 1 atom stereocenters. The molecule has 0 aliphatic heterocycles. The molecule has 2 heteroatoms. The van der Waals surface area contributed by atoms with Crippen LogP contribution >= 0.6 is 0 Å². The van der Waals surface area contributed by atoms with Crippen molar-refractivity contribution in [1.29, 1.82) is 0 Å². The Morgan fingerprint density at radius 2 is 1.84 bits per heavy atom. The molecule has 1 heterocycles. The molecule has 2 N–H and O–H groups in total.